The molecule has 2 aromatic carbocycles. The fourth-order valence-corrected chi connectivity index (χ4v) is 9.01. The molecule has 2 aliphatic carbocycles. The number of amides is 3. The van der Waals surface area contributed by atoms with Crippen LogP contribution in [0.4, 0.5) is 10.6 Å². The minimum Gasteiger partial charge on any atom is -0.453 e. The van der Waals surface area contributed by atoms with Crippen LogP contribution in [0, 0.1) is 23.7 Å². The molecule has 5 aromatic rings. The minimum atomic E-state index is -0.683. The fourth-order valence-electron chi connectivity index (χ4n) is 8.85. The minimum absolute atomic E-state index is 0.00229. The number of nitrogens with zero attached hydrogens (tertiary/aromatic N) is 5. The smallest absolute Gasteiger partial charge is 0.407 e. The van der Waals surface area contributed by atoms with Crippen LogP contribution in [0.5, 0.6) is 0 Å². The van der Waals surface area contributed by atoms with Gasteiger partial charge in [0.05, 0.1) is 42.9 Å². The molecule has 5 N–H and O–H groups in total. The zero-order valence-electron chi connectivity index (χ0n) is 31.5. The molecule has 15 heteroatoms. The Balaban J connectivity index is 0.918. The number of hydrogen-bond donors (Lipinski definition) is 5. The molecule has 56 heavy (non-hydrogen) atoms. The van der Waals surface area contributed by atoms with Crippen molar-refractivity contribution < 1.29 is 19.1 Å². The maximum Gasteiger partial charge on any atom is 0.407 e. The van der Waals surface area contributed by atoms with Gasteiger partial charge in [-0.3, -0.25) is 20.4 Å². The summed E-state index contributed by atoms with van der Waals surface area (Å²) in [6, 6.07) is 15.8. The van der Waals surface area contributed by atoms with E-state index in [2.05, 4.69) is 89.6 Å². The van der Waals surface area contributed by atoms with Crippen LogP contribution in [0.2, 0.25) is 5.15 Å². The van der Waals surface area contributed by atoms with Gasteiger partial charge in [-0.1, -0.05) is 74.0 Å². The Labute approximate surface area is 329 Å². The number of aromatic amines is 2. The number of carbonyl (C=O) groups is 3. The van der Waals surface area contributed by atoms with Gasteiger partial charge in [0.15, 0.2) is 11.0 Å². The highest BCUT2D eigenvalue weighted by molar-refractivity contribution is 6.31. The Morgan fingerprint density at radius 2 is 1.43 bits per heavy atom. The number of hydrogen-bond acceptors (Lipinski definition) is 9. The summed E-state index contributed by atoms with van der Waals surface area (Å²) in [7, 11) is 1.29. The summed E-state index contributed by atoms with van der Waals surface area (Å²) in [4.78, 5) is 65.4. The summed E-state index contributed by atoms with van der Waals surface area (Å²) in [5.41, 5.74) is 11.6. The molecule has 290 valence electrons. The van der Waals surface area contributed by atoms with Crippen molar-refractivity contribution in [3.8, 4) is 33.6 Å². The molecule has 14 nitrogen and oxygen atoms in total. The van der Waals surface area contributed by atoms with E-state index in [0.29, 0.717) is 24.2 Å². The van der Waals surface area contributed by atoms with E-state index in [1.54, 1.807) is 0 Å². The van der Waals surface area contributed by atoms with Gasteiger partial charge in [-0.15, -0.1) is 0 Å². The SMILES string of the molecule is COC(=O)N[C@H](C(=O)N1CCC[C@H]1c1ncc(-c2ccc(-c3ccc(-c4cnc(C5C6CCC(C6)[C@@H]5C(=O)NNc5nccnc5Cl)[nH]4)cc3)cc2)[nH]1)C(C)C. The van der Waals surface area contributed by atoms with Gasteiger partial charge in [0.2, 0.25) is 11.8 Å². The third kappa shape index (κ3) is 7.32. The van der Waals surface area contributed by atoms with E-state index >= 15 is 0 Å². The molecular formula is C41H45ClN10O4. The Morgan fingerprint density at radius 3 is 2.07 bits per heavy atom. The molecule has 6 atom stereocenters. The predicted octanol–water partition coefficient (Wildman–Crippen LogP) is 6.89. The van der Waals surface area contributed by atoms with E-state index in [1.807, 2.05) is 31.1 Å². The number of carbonyl (C=O) groups excluding carboxylic acids is 3. The highest BCUT2D eigenvalue weighted by Gasteiger charge is 2.52. The summed E-state index contributed by atoms with van der Waals surface area (Å²) < 4.78 is 4.76. The molecular weight excluding hydrogens is 732 g/mol. The van der Waals surface area contributed by atoms with Crippen molar-refractivity contribution in [3.63, 3.8) is 0 Å². The molecule has 3 unspecified atom stereocenters. The van der Waals surface area contributed by atoms with Crippen molar-refractivity contribution in [2.75, 3.05) is 19.1 Å². The Hall–Kier alpha value is -5.76. The zero-order chi connectivity index (χ0) is 38.9. The summed E-state index contributed by atoms with van der Waals surface area (Å²) in [6.45, 7) is 4.41. The lowest BCUT2D eigenvalue weighted by Crippen LogP contribution is -2.51. The summed E-state index contributed by atoms with van der Waals surface area (Å²) in [6.07, 6.45) is 10.8. The van der Waals surface area contributed by atoms with Crippen molar-refractivity contribution in [1.29, 1.82) is 0 Å². The van der Waals surface area contributed by atoms with E-state index in [9.17, 15) is 14.4 Å². The Morgan fingerprint density at radius 1 is 0.821 bits per heavy atom. The molecule has 2 saturated carbocycles. The lowest BCUT2D eigenvalue weighted by atomic mass is 9.78. The average molecular weight is 777 g/mol. The maximum atomic E-state index is 13.5. The molecule has 3 amide bonds. The number of nitrogens with one attached hydrogen (secondary N) is 5. The third-order valence-electron chi connectivity index (χ3n) is 11.7. The molecule has 3 aliphatic rings. The highest BCUT2D eigenvalue weighted by Crippen LogP contribution is 2.56. The molecule has 0 spiro atoms. The van der Waals surface area contributed by atoms with Crippen molar-refractivity contribution in [1.82, 2.24) is 45.5 Å². The van der Waals surface area contributed by atoms with Crippen LogP contribution in [0.25, 0.3) is 33.6 Å². The Kier molecular flexibility index (Phi) is 10.5. The van der Waals surface area contributed by atoms with Gasteiger partial charge in [-0.25, -0.2) is 24.7 Å². The van der Waals surface area contributed by atoms with Gasteiger partial charge in [0.1, 0.15) is 17.7 Å². The molecule has 3 fully saturated rings. The second kappa shape index (κ2) is 15.8. The van der Waals surface area contributed by atoms with Crippen LogP contribution in [0.1, 0.15) is 69.6 Å². The molecule has 1 aliphatic heterocycles. The number of imidazole rings is 2. The number of ether oxygens (including phenoxy) is 1. The van der Waals surface area contributed by atoms with E-state index in [0.717, 1.165) is 77.4 Å². The van der Waals surface area contributed by atoms with Crippen LogP contribution in [-0.4, -0.2) is 72.4 Å². The molecule has 0 radical (unpaired) electrons. The summed E-state index contributed by atoms with van der Waals surface area (Å²) in [5.74, 6) is 2.03. The zero-order valence-corrected chi connectivity index (χ0v) is 32.2. The van der Waals surface area contributed by atoms with E-state index in [4.69, 9.17) is 21.3 Å². The van der Waals surface area contributed by atoms with Crippen LogP contribution in [0.3, 0.4) is 0 Å². The van der Waals surface area contributed by atoms with Crippen LogP contribution in [0.15, 0.2) is 73.3 Å². The molecule has 3 aromatic heterocycles. The first-order valence-corrected chi connectivity index (χ1v) is 19.5. The van der Waals surface area contributed by atoms with E-state index < -0.39 is 12.1 Å². The maximum absolute atomic E-state index is 13.5. The molecule has 8 rings (SSSR count). The number of likely N-dealkylation sites (tertiary alicyclic amines) is 1. The standard InChI is InChI=1S/C41H45ClN10O4/c1-22(2)34(49-41(55)56-3)40(54)52-18-4-5-31(52)36-45-20-29(47-36)25-10-6-23(7-11-25)24-8-12-26(13-9-24)30-21-46-37(48-30)32-27-14-15-28(19-27)33(32)39(53)51-50-38-35(42)43-16-17-44-38/h6-13,16-17,20-22,27-28,31-34H,4-5,14-15,18-19H2,1-3H3,(H,44,50)(H,45,47)(H,46,48)(H,49,55)(H,51,53)/t27?,28?,31-,32?,33-,34-/m0/s1. The first-order valence-electron chi connectivity index (χ1n) is 19.2. The molecule has 1 saturated heterocycles. The third-order valence-corrected chi connectivity index (χ3v) is 11.9. The second-order valence-corrected chi connectivity index (χ2v) is 15.6. The number of rotatable bonds is 11. The van der Waals surface area contributed by atoms with Crippen LogP contribution >= 0.6 is 11.6 Å². The lowest BCUT2D eigenvalue weighted by molar-refractivity contribution is -0.135. The first kappa shape index (κ1) is 37.2. The predicted molar refractivity (Wildman–Crippen MR) is 211 cm³/mol. The van der Waals surface area contributed by atoms with Crippen molar-refractivity contribution in [2.24, 2.45) is 23.7 Å². The number of H-pyrrole nitrogens is 2. The van der Waals surface area contributed by atoms with Gasteiger partial charge in [0, 0.05) is 24.9 Å². The summed E-state index contributed by atoms with van der Waals surface area (Å²) in [5, 5.41) is 2.89. The second-order valence-electron chi connectivity index (χ2n) is 15.3. The van der Waals surface area contributed by atoms with Crippen molar-refractivity contribution in [3.05, 3.63) is 90.1 Å². The number of hydrazine groups is 1. The number of alkyl carbamates (subject to hydrolysis) is 1. The lowest BCUT2D eigenvalue weighted by Gasteiger charge is -2.30. The van der Waals surface area contributed by atoms with Crippen LogP contribution < -0.4 is 16.2 Å². The fraction of sp³-hybridized carbons (Fsp3) is 0.390. The highest BCUT2D eigenvalue weighted by atomic mass is 35.5. The molecule has 4 heterocycles. The van der Waals surface area contributed by atoms with E-state index in [-0.39, 0.29) is 40.8 Å². The van der Waals surface area contributed by atoms with Gasteiger partial charge < -0.3 is 24.9 Å². The van der Waals surface area contributed by atoms with Gasteiger partial charge in [0.25, 0.3) is 0 Å². The van der Waals surface area contributed by atoms with E-state index in [1.165, 1.54) is 19.5 Å². The van der Waals surface area contributed by atoms with Gasteiger partial charge in [-0.05, 0) is 72.1 Å². The van der Waals surface area contributed by atoms with Crippen molar-refractivity contribution >= 4 is 35.3 Å². The van der Waals surface area contributed by atoms with Gasteiger partial charge >= 0.3 is 6.09 Å². The quantitative estimate of drug-likeness (QED) is 0.0892. The number of aromatic nitrogens is 6. The first-order chi connectivity index (χ1) is 27.2. The van der Waals surface area contributed by atoms with Gasteiger partial charge in [-0.2, -0.15) is 0 Å². The largest absolute Gasteiger partial charge is 0.453 e. The molecule has 2 bridgehead atoms. The number of halogens is 1. The summed E-state index contributed by atoms with van der Waals surface area (Å²) >= 11 is 6.12. The number of anilines is 1. The Bertz CT molecular complexity index is 2200. The average Bonchev–Trinajstić information content (AvgIpc) is 4.08. The number of fused-ring (bicyclic) bond motifs is 2. The number of methoxy groups -OCH3 is 1. The normalized spacial score (nSPS) is 21.9. The van der Waals surface area contributed by atoms with Crippen LogP contribution in [-0.2, 0) is 14.3 Å². The topological polar surface area (TPSA) is 183 Å². The number of benzene rings is 2. The monoisotopic (exact) mass is 776 g/mol. The van der Waals surface area contributed by atoms with Crippen molar-refractivity contribution in [2.45, 2.75) is 64.0 Å².